The molecule has 0 bridgehead atoms. The van der Waals surface area contributed by atoms with Crippen LogP contribution in [0.3, 0.4) is 0 Å². The molecule has 1 amide bonds. The number of hydrogen-bond donors (Lipinski definition) is 1. The lowest BCUT2D eigenvalue weighted by Gasteiger charge is -2.23. The maximum absolute atomic E-state index is 12.6. The zero-order valence-electron chi connectivity index (χ0n) is 16.7. The van der Waals surface area contributed by atoms with E-state index in [1.54, 1.807) is 13.2 Å². The predicted molar refractivity (Wildman–Crippen MR) is 108 cm³/mol. The number of ether oxygens (including phenoxy) is 1. The Balaban J connectivity index is 2.02. The first-order valence-electron chi connectivity index (χ1n) is 9.70. The number of amides is 1. The van der Waals surface area contributed by atoms with Gasteiger partial charge in [0.2, 0.25) is 5.91 Å². The Morgan fingerprint density at radius 3 is 2.50 bits per heavy atom. The molecule has 5 nitrogen and oxygen atoms in total. The van der Waals surface area contributed by atoms with Gasteiger partial charge >= 0.3 is 5.97 Å². The minimum absolute atomic E-state index is 0.0423. The van der Waals surface area contributed by atoms with Crippen LogP contribution in [0.4, 0.5) is 0 Å². The molecular formula is C23H27NO4. The van der Waals surface area contributed by atoms with Gasteiger partial charge in [0.05, 0.1) is 13.5 Å². The molecule has 0 aromatic heterocycles. The van der Waals surface area contributed by atoms with E-state index in [0.717, 1.165) is 40.7 Å². The number of benzene rings is 2. The summed E-state index contributed by atoms with van der Waals surface area (Å²) in [6.07, 6.45) is 1.93. The van der Waals surface area contributed by atoms with Crippen molar-refractivity contribution in [2.45, 2.75) is 39.7 Å². The van der Waals surface area contributed by atoms with Crippen molar-refractivity contribution in [2.24, 2.45) is 5.92 Å². The van der Waals surface area contributed by atoms with Crippen LogP contribution < -0.4 is 4.74 Å². The minimum Gasteiger partial charge on any atom is -0.496 e. The van der Waals surface area contributed by atoms with E-state index in [1.807, 2.05) is 36.9 Å². The van der Waals surface area contributed by atoms with E-state index in [1.165, 1.54) is 0 Å². The molecule has 0 heterocycles. The predicted octanol–water partition coefficient (Wildman–Crippen LogP) is 4.06. The number of hydrogen-bond acceptors (Lipinski definition) is 3. The summed E-state index contributed by atoms with van der Waals surface area (Å²) < 4.78 is 5.55. The first kappa shape index (κ1) is 19.9. The van der Waals surface area contributed by atoms with Gasteiger partial charge in [-0.2, -0.15) is 0 Å². The van der Waals surface area contributed by atoms with E-state index in [-0.39, 0.29) is 18.2 Å². The minimum atomic E-state index is -0.868. The highest BCUT2D eigenvalue weighted by Gasteiger charge is 2.33. The van der Waals surface area contributed by atoms with Crippen LogP contribution in [0.5, 0.6) is 5.75 Å². The van der Waals surface area contributed by atoms with Gasteiger partial charge in [-0.15, -0.1) is 0 Å². The van der Waals surface area contributed by atoms with E-state index in [4.69, 9.17) is 9.84 Å². The smallest absolute Gasteiger partial charge is 0.307 e. The van der Waals surface area contributed by atoms with Gasteiger partial charge < -0.3 is 14.7 Å². The van der Waals surface area contributed by atoms with Crippen molar-refractivity contribution in [2.75, 3.05) is 13.7 Å². The molecule has 1 saturated carbocycles. The molecule has 1 fully saturated rings. The van der Waals surface area contributed by atoms with E-state index in [0.29, 0.717) is 18.8 Å². The molecule has 0 saturated heterocycles. The molecule has 3 rings (SSSR count). The van der Waals surface area contributed by atoms with Crippen molar-refractivity contribution in [3.05, 3.63) is 53.1 Å². The number of carbonyl (C=O) groups is 2. The highest BCUT2D eigenvalue weighted by molar-refractivity contribution is 5.82. The van der Waals surface area contributed by atoms with Gasteiger partial charge in [0, 0.05) is 24.6 Å². The van der Waals surface area contributed by atoms with E-state index in [9.17, 15) is 9.59 Å². The normalized spacial score (nSPS) is 13.2. The SMILES string of the molecule is CCN(Cc1ccc(C)cc1-c1cc(CC(=O)O)ccc1OC)C(=O)C1CC1. The molecule has 0 aliphatic heterocycles. The lowest BCUT2D eigenvalue weighted by atomic mass is 9.94. The summed E-state index contributed by atoms with van der Waals surface area (Å²) in [5.74, 6) is 0.230. The van der Waals surface area contributed by atoms with Gasteiger partial charge in [-0.1, -0.05) is 29.8 Å². The summed E-state index contributed by atoms with van der Waals surface area (Å²) in [4.78, 5) is 25.6. The molecule has 5 heteroatoms. The largest absolute Gasteiger partial charge is 0.496 e. The van der Waals surface area contributed by atoms with Crippen LogP contribution in [0, 0.1) is 12.8 Å². The Hall–Kier alpha value is -2.82. The summed E-state index contributed by atoms with van der Waals surface area (Å²) >= 11 is 0. The summed E-state index contributed by atoms with van der Waals surface area (Å²) in [6.45, 7) is 5.22. The second kappa shape index (κ2) is 8.46. The lowest BCUT2D eigenvalue weighted by molar-refractivity contribution is -0.136. The van der Waals surface area contributed by atoms with Crippen molar-refractivity contribution >= 4 is 11.9 Å². The Kier molecular flexibility index (Phi) is 6.02. The second-order valence-corrected chi connectivity index (χ2v) is 7.39. The van der Waals surface area contributed by atoms with Crippen LogP contribution in [-0.4, -0.2) is 35.5 Å². The summed E-state index contributed by atoms with van der Waals surface area (Å²) in [6, 6.07) is 11.6. The van der Waals surface area contributed by atoms with Gasteiger partial charge in [-0.3, -0.25) is 9.59 Å². The molecule has 0 radical (unpaired) electrons. The quantitative estimate of drug-likeness (QED) is 0.749. The molecule has 1 aliphatic rings. The zero-order chi connectivity index (χ0) is 20.3. The Morgan fingerprint density at radius 2 is 1.89 bits per heavy atom. The van der Waals surface area contributed by atoms with Crippen LogP contribution >= 0.6 is 0 Å². The fraction of sp³-hybridized carbons (Fsp3) is 0.391. The number of carboxylic acid groups (broad SMARTS) is 1. The van der Waals surface area contributed by atoms with Gasteiger partial charge in [0.25, 0.3) is 0 Å². The highest BCUT2D eigenvalue weighted by atomic mass is 16.5. The zero-order valence-corrected chi connectivity index (χ0v) is 16.7. The first-order chi connectivity index (χ1) is 13.4. The Bertz CT molecular complexity index is 886. The number of nitrogens with zero attached hydrogens (tertiary/aromatic N) is 1. The highest BCUT2D eigenvalue weighted by Crippen LogP contribution is 2.36. The van der Waals surface area contributed by atoms with Crippen molar-refractivity contribution < 1.29 is 19.4 Å². The number of carbonyl (C=O) groups excluding carboxylic acids is 1. The van der Waals surface area contributed by atoms with E-state index < -0.39 is 5.97 Å². The summed E-state index contributed by atoms with van der Waals surface area (Å²) in [5.41, 5.74) is 4.69. The standard InChI is InChI=1S/C23H27NO4/c1-4-24(23(27)17-8-9-17)14-18-7-5-15(2)11-19(18)20-12-16(13-22(25)26)6-10-21(20)28-3/h5-7,10-12,17H,4,8-9,13-14H2,1-3H3,(H,25,26). The van der Waals surface area contributed by atoms with Crippen LogP contribution in [0.2, 0.25) is 0 Å². The number of carboxylic acids is 1. The molecule has 2 aromatic rings. The number of aryl methyl sites for hydroxylation is 1. The molecule has 1 aliphatic carbocycles. The van der Waals surface area contributed by atoms with Crippen LogP contribution in [0.15, 0.2) is 36.4 Å². The van der Waals surface area contributed by atoms with Crippen molar-refractivity contribution in [3.8, 4) is 16.9 Å². The molecule has 0 spiro atoms. The fourth-order valence-electron chi connectivity index (χ4n) is 3.47. The maximum atomic E-state index is 12.6. The third-order valence-corrected chi connectivity index (χ3v) is 5.16. The maximum Gasteiger partial charge on any atom is 0.307 e. The monoisotopic (exact) mass is 381 g/mol. The van der Waals surface area contributed by atoms with Crippen molar-refractivity contribution in [3.63, 3.8) is 0 Å². The van der Waals surface area contributed by atoms with Gasteiger partial charge in [0.1, 0.15) is 5.75 Å². The van der Waals surface area contributed by atoms with Crippen molar-refractivity contribution in [1.82, 2.24) is 4.90 Å². The van der Waals surface area contributed by atoms with Crippen LogP contribution in [0.1, 0.15) is 36.5 Å². The number of rotatable bonds is 8. The van der Waals surface area contributed by atoms with E-state index >= 15 is 0 Å². The molecule has 28 heavy (non-hydrogen) atoms. The van der Waals surface area contributed by atoms with Gasteiger partial charge in [-0.25, -0.2) is 0 Å². The lowest BCUT2D eigenvalue weighted by Crippen LogP contribution is -2.31. The van der Waals surface area contributed by atoms with Gasteiger partial charge in [0.15, 0.2) is 0 Å². The average molecular weight is 381 g/mol. The molecule has 2 aromatic carbocycles. The number of methoxy groups -OCH3 is 1. The Labute approximate surface area is 165 Å². The van der Waals surface area contributed by atoms with Crippen molar-refractivity contribution in [1.29, 1.82) is 0 Å². The second-order valence-electron chi connectivity index (χ2n) is 7.39. The molecular weight excluding hydrogens is 354 g/mol. The van der Waals surface area contributed by atoms with Gasteiger partial charge in [-0.05, 0) is 55.5 Å². The van der Waals surface area contributed by atoms with Crippen LogP contribution in [-0.2, 0) is 22.6 Å². The first-order valence-corrected chi connectivity index (χ1v) is 9.70. The topological polar surface area (TPSA) is 66.8 Å². The van der Waals surface area contributed by atoms with Crippen LogP contribution in [0.25, 0.3) is 11.1 Å². The summed E-state index contributed by atoms with van der Waals surface area (Å²) in [5, 5.41) is 9.15. The molecule has 0 atom stereocenters. The van der Waals surface area contributed by atoms with E-state index in [2.05, 4.69) is 12.1 Å². The third kappa shape index (κ3) is 4.53. The molecule has 1 N–H and O–H groups in total. The molecule has 148 valence electrons. The summed E-state index contributed by atoms with van der Waals surface area (Å²) in [7, 11) is 1.61. The average Bonchev–Trinajstić information content (AvgIpc) is 3.51. The Morgan fingerprint density at radius 1 is 1.14 bits per heavy atom. The number of aliphatic carboxylic acids is 1. The molecule has 0 unspecified atom stereocenters. The fourth-order valence-corrected chi connectivity index (χ4v) is 3.47. The third-order valence-electron chi connectivity index (χ3n) is 5.16.